The zero-order chi connectivity index (χ0) is 13.5. The van der Waals surface area contributed by atoms with Gasteiger partial charge in [0.2, 0.25) is 0 Å². The van der Waals surface area contributed by atoms with Gasteiger partial charge in [-0.3, -0.25) is 4.79 Å². The van der Waals surface area contributed by atoms with Crippen molar-refractivity contribution in [1.29, 1.82) is 0 Å². The van der Waals surface area contributed by atoms with E-state index in [4.69, 9.17) is 9.84 Å². The van der Waals surface area contributed by atoms with E-state index in [-0.39, 0.29) is 23.7 Å². The van der Waals surface area contributed by atoms with Crippen molar-refractivity contribution >= 4 is 18.0 Å². The Kier molecular flexibility index (Phi) is 4.92. The summed E-state index contributed by atoms with van der Waals surface area (Å²) in [6.07, 6.45) is 3.30. The molecule has 0 atom stereocenters. The number of carbonyl (C=O) groups excluding carboxylic acids is 1. The number of carboxylic acids is 1. The number of carboxylic acid groups (broad SMARTS) is 1. The molecule has 0 radical (unpaired) electrons. The van der Waals surface area contributed by atoms with Crippen molar-refractivity contribution < 1.29 is 24.5 Å². The molecule has 0 aliphatic heterocycles. The number of ether oxygens (including phenoxy) is 1. The minimum Gasteiger partial charge on any atom is -0.507 e. The molecule has 96 valence electrons. The molecule has 18 heavy (non-hydrogen) atoms. The van der Waals surface area contributed by atoms with Crippen LogP contribution < -0.4 is 0 Å². The largest absolute Gasteiger partial charge is 0.507 e. The Hall–Kier alpha value is -2.30. The summed E-state index contributed by atoms with van der Waals surface area (Å²) in [6.45, 7) is 2.05. The molecule has 0 aliphatic rings. The molecule has 0 heterocycles. The molecule has 2 N–H and O–H groups in total. The summed E-state index contributed by atoms with van der Waals surface area (Å²) in [5, 5.41) is 18.1. The molecule has 0 aliphatic carbocycles. The van der Waals surface area contributed by atoms with Gasteiger partial charge in [-0.25, -0.2) is 4.79 Å². The molecule has 0 bridgehead atoms. The fourth-order valence-corrected chi connectivity index (χ4v) is 1.34. The molecule has 0 saturated carbocycles. The number of benzene rings is 1. The van der Waals surface area contributed by atoms with E-state index in [9.17, 15) is 14.7 Å². The van der Waals surface area contributed by atoms with E-state index in [0.717, 1.165) is 0 Å². The average molecular weight is 250 g/mol. The number of esters is 1. The van der Waals surface area contributed by atoms with Gasteiger partial charge >= 0.3 is 11.9 Å². The van der Waals surface area contributed by atoms with Gasteiger partial charge < -0.3 is 14.9 Å². The van der Waals surface area contributed by atoms with Gasteiger partial charge in [0.25, 0.3) is 0 Å². The van der Waals surface area contributed by atoms with Crippen LogP contribution in [0.3, 0.4) is 0 Å². The van der Waals surface area contributed by atoms with Gasteiger partial charge in [-0.05, 0) is 24.6 Å². The van der Waals surface area contributed by atoms with E-state index in [2.05, 4.69) is 0 Å². The van der Waals surface area contributed by atoms with Crippen LogP contribution in [0.1, 0.15) is 29.3 Å². The summed E-state index contributed by atoms with van der Waals surface area (Å²) >= 11 is 0. The van der Waals surface area contributed by atoms with Crippen LogP contribution in [-0.4, -0.2) is 28.8 Å². The molecule has 0 fully saturated rings. The van der Waals surface area contributed by atoms with Crippen LogP contribution in [0.25, 0.3) is 6.08 Å². The molecule has 1 rings (SSSR count). The average Bonchev–Trinajstić information content (AvgIpc) is 2.31. The minimum absolute atomic E-state index is 0.122. The lowest BCUT2D eigenvalue weighted by Gasteiger charge is -2.01. The molecule has 1 aromatic carbocycles. The lowest BCUT2D eigenvalue weighted by molar-refractivity contribution is -0.142. The van der Waals surface area contributed by atoms with Crippen LogP contribution in [0, 0.1) is 0 Å². The Morgan fingerprint density at radius 2 is 2.11 bits per heavy atom. The molecule has 0 unspecified atom stereocenters. The molecule has 0 amide bonds. The highest BCUT2D eigenvalue weighted by Gasteiger charge is 2.08. The Balaban J connectivity index is 2.73. The topological polar surface area (TPSA) is 83.8 Å². The first-order valence-electron chi connectivity index (χ1n) is 5.43. The number of hydrogen-bond donors (Lipinski definition) is 2. The second-order valence-corrected chi connectivity index (χ2v) is 3.49. The van der Waals surface area contributed by atoms with Crippen LogP contribution >= 0.6 is 0 Å². The zero-order valence-corrected chi connectivity index (χ0v) is 9.92. The van der Waals surface area contributed by atoms with E-state index in [1.54, 1.807) is 25.1 Å². The smallest absolute Gasteiger partial charge is 0.339 e. The van der Waals surface area contributed by atoms with E-state index in [1.807, 2.05) is 0 Å². The summed E-state index contributed by atoms with van der Waals surface area (Å²) in [6, 6.07) is 4.19. The van der Waals surface area contributed by atoms with Gasteiger partial charge in [0.1, 0.15) is 11.3 Å². The van der Waals surface area contributed by atoms with Crippen LogP contribution in [-0.2, 0) is 9.53 Å². The van der Waals surface area contributed by atoms with Gasteiger partial charge in [0.15, 0.2) is 0 Å². The Morgan fingerprint density at radius 1 is 1.39 bits per heavy atom. The number of aromatic carboxylic acids is 1. The highest BCUT2D eigenvalue weighted by Crippen LogP contribution is 2.19. The standard InChI is InChI=1S/C13H14O5/c1-2-18-12(15)5-3-4-9-6-7-11(14)10(8-9)13(16)17/h3-4,6-8,14H,2,5H2,1H3,(H,16,17). The summed E-state index contributed by atoms with van der Waals surface area (Å²) < 4.78 is 4.74. The maximum atomic E-state index is 11.1. The molecule has 1 aromatic rings. The van der Waals surface area contributed by atoms with Crippen molar-refractivity contribution in [3.05, 3.63) is 35.4 Å². The third-order valence-corrected chi connectivity index (χ3v) is 2.15. The lowest BCUT2D eigenvalue weighted by Crippen LogP contribution is -2.01. The number of rotatable bonds is 5. The first-order valence-corrected chi connectivity index (χ1v) is 5.43. The normalized spacial score (nSPS) is 10.5. The number of carbonyl (C=O) groups is 2. The van der Waals surface area contributed by atoms with Gasteiger partial charge in [-0.15, -0.1) is 0 Å². The number of aromatic hydroxyl groups is 1. The maximum absolute atomic E-state index is 11.1. The van der Waals surface area contributed by atoms with Crippen molar-refractivity contribution in [2.24, 2.45) is 0 Å². The second-order valence-electron chi connectivity index (χ2n) is 3.49. The van der Waals surface area contributed by atoms with Crippen LogP contribution in [0.2, 0.25) is 0 Å². The van der Waals surface area contributed by atoms with Crippen molar-refractivity contribution in [2.45, 2.75) is 13.3 Å². The highest BCUT2D eigenvalue weighted by molar-refractivity contribution is 5.91. The summed E-state index contributed by atoms with van der Waals surface area (Å²) in [7, 11) is 0. The predicted octanol–water partition coefficient (Wildman–Crippen LogP) is 2.06. The van der Waals surface area contributed by atoms with Gasteiger partial charge in [-0.2, -0.15) is 0 Å². The predicted molar refractivity (Wildman–Crippen MR) is 65.4 cm³/mol. The van der Waals surface area contributed by atoms with Crippen molar-refractivity contribution in [3.63, 3.8) is 0 Å². The lowest BCUT2D eigenvalue weighted by atomic mass is 10.1. The molecular formula is C13H14O5. The quantitative estimate of drug-likeness (QED) is 0.781. The van der Waals surface area contributed by atoms with Gasteiger partial charge in [-0.1, -0.05) is 18.2 Å². The second kappa shape index (κ2) is 6.44. The Morgan fingerprint density at radius 3 is 2.72 bits per heavy atom. The van der Waals surface area contributed by atoms with E-state index in [1.165, 1.54) is 12.1 Å². The Labute approximate surface area is 104 Å². The molecule has 0 aromatic heterocycles. The number of phenols is 1. The minimum atomic E-state index is -1.20. The van der Waals surface area contributed by atoms with Crippen LogP contribution in [0.4, 0.5) is 0 Å². The SMILES string of the molecule is CCOC(=O)CC=Cc1ccc(O)c(C(=O)O)c1. The van der Waals surface area contributed by atoms with Gasteiger partial charge in [0.05, 0.1) is 13.0 Å². The third kappa shape index (κ3) is 3.93. The molecule has 5 heteroatoms. The molecule has 5 nitrogen and oxygen atoms in total. The first-order chi connectivity index (χ1) is 8.54. The fourth-order valence-electron chi connectivity index (χ4n) is 1.34. The monoisotopic (exact) mass is 250 g/mol. The molecule has 0 saturated heterocycles. The molecular weight excluding hydrogens is 236 g/mol. The first kappa shape index (κ1) is 13.8. The molecule has 0 spiro atoms. The summed E-state index contributed by atoms with van der Waals surface area (Å²) in [5.74, 6) is -1.83. The van der Waals surface area contributed by atoms with Crippen LogP contribution in [0.5, 0.6) is 5.75 Å². The van der Waals surface area contributed by atoms with Crippen molar-refractivity contribution in [1.82, 2.24) is 0 Å². The van der Waals surface area contributed by atoms with Crippen LogP contribution in [0.15, 0.2) is 24.3 Å². The van der Waals surface area contributed by atoms with E-state index < -0.39 is 5.97 Å². The van der Waals surface area contributed by atoms with Crippen molar-refractivity contribution in [3.8, 4) is 5.75 Å². The number of hydrogen-bond acceptors (Lipinski definition) is 4. The Bertz CT molecular complexity index is 476. The summed E-state index contributed by atoms with van der Waals surface area (Å²) in [5.41, 5.74) is 0.419. The summed E-state index contributed by atoms with van der Waals surface area (Å²) in [4.78, 5) is 21.8. The highest BCUT2D eigenvalue weighted by atomic mass is 16.5. The van der Waals surface area contributed by atoms with Crippen molar-refractivity contribution in [2.75, 3.05) is 6.61 Å². The van der Waals surface area contributed by atoms with Gasteiger partial charge in [0, 0.05) is 0 Å². The maximum Gasteiger partial charge on any atom is 0.339 e. The third-order valence-electron chi connectivity index (χ3n) is 2.15. The van der Waals surface area contributed by atoms with E-state index in [0.29, 0.717) is 12.2 Å². The zero-order valence-electron chi connectivity index (χ0n) is 9.92. The van der Waals surface area contributed by atoms with E-state index >= 15 is 0 Å². The fraction of sp³-hybridized carbons (Fsp3) is 0.231.